The molecular formula is C13H16N4O2. The third kappa shape index (κ3) is 3.80. The SMILES string of the molecule is CCCNc1cc(C(=O)NCc2ccon2)ccn1. The van der Waals surface area contributed by atoms with E-state index >= 15 is 0 Å². The summed E-state index contributed by atoms with van der Waals surface area (Å²) >= 11 is 0. The number of amides is 1. The molecule has 1 amide bonds. The monoisotopic (exact) mass is 260 g/mol. The van der Waals surface area contributed by atoms with Gasteiger partial charge in [0.15, 0.2) is 0 Å². The van der Waals surface area contributed by atoms with E-state index in [9.17, 15) is 4.79 Å². The fourth-order valence-corrected chi connectivity index (χ4v) is 1.52. The summed E-state index contributed by atoms with van der Waals surface area (Å²) in [7, 11) is 0. The molecule has 0 saturated heterocycles. The largest absolute Gasteiger partial charge is 0.370 e. The average molecular weight is 260 g/mol. The van der Waals surface area contributed by atoms with Crippen LogP contribution >= 0.6 is 0 Å². The Bertz CT molecular complexity index is 525. The molecule has 0 spiro atoms. The van der Waals surface area contributed by atoms with Crippen LogP contribution in [0.15, 0.2) is 35.2 Å². The van der Waals surface area contributed by atoms with Crippen LogP contribution in [-0.4, -0.2) is 22.6 Å². The summed E-state index contributed by atoms with van der Waals surface area (Å²) in [5.41, 5.74) is 1.25. The van der Waals surface area contributed by atoms with Crippen LogP contribution < -0.4 is 10.6 Å². The molecule has 0 radical (unpaired) electrons. The second-order valence-electron chi connectivity index (χ2n) is 4.03. The number of carbonyl (C=O) groups excluding carboxylic acids is 1. The lowest BCUT2D eigenvalue weighted by Gasteiger charge is -2.06. The van der Waals surface area contributed by atoms with Gasteiger partial charge in [0, 0.05) is 24.4 Å². The standard InChI is InChI=1S/C13H16N4O2/c1-2-5-14-12-8-10(3-6-15-12)13(18)16-9-11-4-7-19-17-11/h3-4,6-8H,2,5,9H2,1H3,(H,14,15)(H,16,18). The third-order valence-electron chi connectivity index (χ3n) is 2.50. The number of carbonyl (C=O) groups is 1. The van der Waals surface area contributed by atoms with E-state index < -0.39 is 0 Å². The van der Waals surface area contributed by atoms with Crippen LogP contribution in [0.5, 0.6) is 0 Å². The van der Waals surface area contributed by atoms with Gasteiger partial charge in [-0.3, -0.25) is 4.79 Å². The molecule has 6 nitrogen and oxygen atoms in total. The first-order valence-corrected chi connectivity index (χ1v) is 6.17. The number of anilines is 1. The predicted octanol–water partition coefficient (Wildman–Crippen LogP) is 1.82. The van der Waals surface area contributed by atoms with E-state index in [-0.39, 0.29) is 5.91 Å². The molecule has 2 heterocycles. The second-order valence-corrected chi connectivity index (χ2v) is 4.03. The Labute approximate surface area is 111 Å². The summed E-state index contributed by atoms with van der Waals surface area (Å²) in [6.45, 7) is 3.24. The maximum Gasteiger partial charge on any atom is 0.251 e. The van der Waals surface area contributed by atoms with Gasteiger partial charge in [-0.05, 0) is 18.6 Å². The molecule has 2 rings (SSSR count). The first kappa shape index (κ1) is 13.1. The van der Waals surface area contributed by atoms with Gasteiger partial charge < -0.3 is 15.2 Å². The zero-order chi connectivity index (χ0) is 13.5. The summed E-state index contributed by atoms with van der Waals surface area (Å²) in [6, 6.07) is 5.12. The molecule has 6 heteroatoms. The molecule has 19 heavy (non-hydrogen) atoms. The van der Waals surface area contributed by atoms with E-state index in [1.807, 2.05) is 0 Å². The van der Waals surface area contributed by atoms with Gasteiger partial charge >= 0.3 is 0 Å². The lowest BCUT2D eigenvalue weighted by molar-refractivity contribution is 0.0950. The van der Waals surface area contributed by atoms with Gasteiger partial charge in [0.1, 0.15) is 17.8 Å². The molecule has 0 fully saturated rings. The fourth-order valence-electron chi connectivity index (χ4n) is 1.52. The molecule has 2 aromatic heterocycles. The van der Waals surface area contributed by atoms with Crippen molar-refractivity contribution in [2.24, 2.45) is 0 Å². The molecule has 100 valence electrons. The Morgan fingerprint density at radius 1 is 1.42 bits per heavy atom. The molecule has 0 unspecified atom stereocenters. The predicted molar refractivity (Wildman–Crippen MR) is 70.7 cm³/mol. The molecule has 0 aliphatic heterocycles. The van der Waals surface area contributed by atoms with Crippen LogP contribution in [0.2, 0.25) is 0 Å². The van der Waals surface area contributed by atoms with Crippen LogP contribution in [0.3, 0.4) is 0 Å². The molecule has 0 saturated carbocycles. The normalized spacial score (nSPS) is 10.2. The summed E-state index contributed by atoms with van der Waals surface area (Å²) in [5.74, 6) is 0.542. The third-order valence-corrected chi connectivity index (χ3v) is 2.50. The maximum atomic E-state index is 11.9. The van der Waals surface area contributed by atoms with Gasteiger partial charge in [-0.1, -0.05) is 12.1 Å². The van der Waals surface area contributed by atoms with E-state index in [0.717, 1.165) is 13.0 Å². The second kappa shape index (κ2) is 6.53. The van der Waals surface area contributed by atoms with Crippen LogP contribution in [0.25, 0.3) is 0 Å². The minimum absolute atomic E-state index is 0.162. The molecule has 0 aromatic carbocycles. The van der Waals surface area contributed by atoms with Crippen molar-refractivity contribution in [3.8, 4) is 0 Å². The van der Waals surface area contributed by atoms with Crippen molar-refractivity contribution in [1.82, 2.24) is 15.5 Å². The average Bonchev–Trinajstić information content (AvgIpc) is 2.96. The molecule has 2 N–H and O–H groups in total. The van der Waals surface area contributed by atoms with Crippen molar-refractivity contribution >= 4 is 11.7 Å². The Kier molecular flexibility index (Phi) is 4.49. The summed E-state index contributed by atoms with van der Waals surface area (Å²) < 4.78 is 4.69. The highest BCUT2D eigenvalue weighted by Crippen LogP contribution is 2.07. The first-order chi connectivity index (χ1) is 9.29. The van der Waals surface area contributed by atoms with Crippen LogP contribution in [-0.2, 0) is 6.54 Å². The van der Waals surface area contributed by atoms with Crippen LogP contribution in [0.4, 0.5) is 5.82 Å². The van der Waals surface area contributed by atoms with Gasteiger partial charge in [-0.2, -0.15) is 0 Å². The lowest BCUT2D eigenvalue weighted by atomic mass is 10.2. The van der Waals surface area contributed by atoms with E-state index in [1.54, 1.807) is 24.4 Å². The van der Waals surface area contributed by atoms with Crippen molar-refractivity contribution in [1.29, 1.82) is 0 Å². The first-order valence-electron chi connectivity index (χ1n) is 6.17. The molecule has 2 aromatic rings. The van der Waals surface area contributed by atoms with Crippen molar-refractivity contribution in [2.75, 3.05) is 11.9 Å². The van der Waals surface area contributed by atoms with E-state index in [0.29, 0.717) is 23.6 Å². The highest BCUT2D eigenvalue weighted by molar-refractivity contribution is 5.94. The number of nitrogens with one attached hydrogen (secondary N) is 2. The van der Waals surface area contributed by atoms with Gasteiger partial charge in [0.25, 0.3) is 5.91 Å². The number of aromatic nitrogens is 2. The molecule has 0 aliphatic rings. The zero-order valence-electron chi connectivity index (χ0n) is 10.7. The number of hydrogen-bond donors (Lipinski definition) is 2. The topological polar surface area (TPSA) is 80.0 Å². The molecule has 0 bridgehead atoms. The number of rotatable bonds is 6. The van der Waals surface area contributed by atoms with Gasteiger partial charge in [0.05, 0.1) is 6.54 Å². The zero-order valence-corrected chi connectivity index (χ0v) is 10.7. The quantitative estimate of drug-likeness (QED) is 0.828. The van der Waals surface area contributed by atoms with Crippen molar-refractivity contribution in [2.45, 2.75) is 19.9 Å². The van der Waals surface area contributed by atoms with E-state index in [4.69, 9.17) is 4.52 Å². The number of hydrogen-bond acceptors (Lipinski definition) is 5. The fraction of sp³-hybridized carbons (Fsp3) is 0.308. The Hall–Kier alpha value is -2.37. The minimum atomic E-state index is -0.162. The molecule has 0 atom stereocenters. The summed E-state index contributed by atoms with van der Waals surface area (Å²) in [4.78, 5) is 16.1. The van der Waals surface area contributed by atoms with Gasteiger partial charge in [0.2, 0.25) is 0 Å². The van der Waals surface area contributed by atoms with Gasteiger partial charge in [-0.15, -0.1) is 0 Å². The smallest absolute Gasteiger partial charge is 0.251 e. The van der Waals surface area contributed by atoms with Crippen molar-refractivity contribution in [3.05, 3.63) is 41.9 Å². The van der Waals surface area contributed by atoms with Crippen LogP contribution in [0, 0.1) is 0 Å². The summed E-state index contributed by atoms with van der Waals surface area (Å²) in [6.07, 6.45) is 4.09. The Morgan fingerprint density at radius 2 is 2.32 bits per heavy atom. The number of pyridine rings is 1. The lowest BCUT2D eigenvalue weighted by Crippen LogP contribution is -2.23. The van der Waals surface area contributed by atoms with Crippen molar-refractivity contribution in [3.63, 3.8) is 0 Å². The maximum absolute atomic E-state index is 11.9. The Balaban J connectivity index is 1.94. The van der Waals surface area contributed by atoms with E-state index in [1.165, 1.54) is 6.26 Å². The molecular weight excluding hydrogens is 244 g/mol. The minimum Gasteiger partial charge on any atom is -0.370 e. The van der Waals surface area contributed by atoms with Gasteiger partial charge in [-0.25, -0.2) is 4.98 Å². The van der Waals surface area contributed by atoms with Crippen molar-refractivity contribution < 1.29 is 9.32 Å². The Morgan fingerprint density at radius 3 is 3.05 bits per heavy atom. The molecule has 0 aliphatic carbocycles. The highest BCUT2D eigenvalue weighted by atomic mass is 16.5. The number of nitrogens with zero attached hydrogens (tertiary/aromatic N) is 2. The highest BCUT2D eigenvalue weighted by Gasteiger charge is 2.07. The van der Waals surface area contributed by atoms with E-state index in [2.05, 4.69) is 27.7 Å². The van der Waals surface area contributed by atoms with Crippen LogP contribution in [0.1, 0.15) is 29.4 Å². The summed E-state index contributed by atoms with van der Waals surface area (Å²) in [5, 5.41) is 9.63.